The first-order valence-corrected chi connectivity index (χ1v) is 7.09. The van der Waals surface area contributed by atoms with Crippen LogP contribution in [0, 0.1) is 5.92 Å². The fourth-order valence-corrected chi connectivity index (χ4v) is 2.74. The molecule has 2 heterocycles. The van der Waals surface area contributed by atoms with Gasteiger partial charge in [0.15, 0.2) is 0 Å². The molecule has 0 aromatic carbocycles. The smallest absolute Gasteiger partial charge is 0.326 e. The van der Waals surface area contributed by atoms with E-state index in [1.165, 1.54) is 11.1 Å². The SMILES string of the molecule is CC1CCCN(C(=O)c2ccc(N(C)C)nc2)C1C(=O)O. The zero-order valence-electron chi connectivity index (χ0n) is 12.6. The van der Waals surface area contributed by atoms with Crippen molar-refractivity contribution in [2.45, 2.75) is 25.8 Å². The highest BCUT2D eigenvalue weighted by Gasteiger charge is 2.37. The van der Waals surface area contributed by atoms with Crippen LogP contribution in [0.5, 0.6) is 0 Å². The molecule has 1 amide bonds. The predicted octanol–water partition coefficient (Wildman–Crippen LogP) is 1.47. The van der Waals surface area contributed by atoms with Crippen LogP contribution in [0.2, 0.25) is 0 Å². The maximum Gasteiger partial charge on any atom is 0.326 e. The van der Waals surface area contributed by atoms with Crippen LogP contribution in [-0.2, 0) is 4.79 Å². The molecular weight excluding hydrogens is 270 g/mol. The van der Waals surface area contributed by atoms with Crippen molar-refractivity contribution >= 4 is 17.7 Å². The number of piperidine rings is 1. The maximum atomic E-state index is 12.6. The van der Waals surface area contributed by atoms with Crippen molar-refractivity contribution in [3.8, 4) is 0 Å². The summed E-state index contributed by atoms with van der Waals surface area (Å²) in [6, 6.07) is 2.71. The van der Waals surface area contributed by atoms with Crippen molar-refractivity contribution in [3.05, 3.63) is 23.9 Å². The number of carboxylic acid groups (broad SMARTS) is 1. The third-order valence-electron chi connectivity index (χ3n) is 3.90. The van der Waals surface area contributed by atoms with E-state index in [1.807, 2.05) is 25.9 Å². The number of anilines is 1. The van der Waals surface area contributed by atoms with Crippen LogP contribution >= 0.6 is 0 Å². The van der Waals surface area contributed by atoms with Gasteiger partial charge in [0.1, 0.15) is 11.9 Å². The van der Waals surface area contributed by atoms with Crippen LogP contribution in [-0.4, -0.2) is 53.5 Å². The van der Waals surface area contributed by atoms with Gasteiger partial charge in [0.05, 0.1) is 5.56 Å². The van der Waals surface area contributed by atoms with Crippen LogP contribution in [0.4, 0.5) is 5.82 Å². The van der Waals surface area contributed by atoms with E-state index in [4.69, 9.17) is 0 Å². The molecule has 0 spiro atoms. The molecule has 0 radical (unpaired) electrons. The summed E-state index contributed by atoms with van der Waals surface area (Å²) < 4.78 is 0. The number of nitrogens with zero attached hydrogens (tertiary/aromatic N) is 3. The largest absolute Gasteiger partial charge is 0.480 e. The maximum absolute atomic E-state index is 12.6. The summed E-state index contributed by atoms with van der Waals surface area (Å²) in [4.78, 5) is 31.5. The molecule has 2 rings (SSSR count). The molecule has 0 bridgehead atoms. The molecule has 6 heteroatoms. The van der Waals surface area contributed by atoms with Gasteiger partial charge in [-0.2, -0.15) is 0 Å². The number of aliphatic carboxylic acids is 1. The van der Waals surface area contributed by atoms with E-state index in [1.54, 1.807) is 12.1 Å². The summed E-state index contributed by atoms with van der Waals surface area (Å²) in [7, 11) is 3.74. The zero-order chi connectivity index (χ0) is 15.6. The first-order valence-electron chi connectivity index (χ1n) is 7.09. The molecule has 1 aliphatic heterocycles. The van der Waals surface area contributed by atoms with E-state index in [0.29, 0.717) is 12.1 Å². The third-order valence-corrected chi connectivity index (χ3v) is 3.90. The minimum atomic E-state index is -0.937. The minimum Gasteiger partial charge on any atom is -0.480 e. The van der Waals surface area contributed by atoms with E-state index in [9.17, 15) is 14.7 Å². The van der Waals surface area contributed by atoms with Crippen molar-refractivity contribution < 1.29 is 14.7 Å². The Balaban J connectivity index is 2.23. The molecule has 0 saturated carbocycles. The lowest BCUT2D eigenvalue weighted by Crippen LogP contribution is -2.51. The highest BCUT2D eigenvalue weighted by atomic mass is 16.4. The average Bonchev–Trinajstić information content (AvgIpc) is 2.46. The van der Waals surface area contributed by atoms with Gasteiger partial charge in [0, 0.05) is 26.8 Å². The standard InChI is InChI=1S/C15H21N3O3/c1-10-5-4-8-18(13(10)15(20)21)14(19)11-6-7-12(16-9-11)17(2)3/h6-7,9-10,13H,4-5,8H2,1-3H3,(H,20,21). The Morgan fingerprint density at radius 1 is 1.38 bits per heavy atom. The van der Waals surface area contributed by atoms with E-state index in [-0.39, 0.29) is 11.8 Å². The fraction of sp³-hybridized carbons (Fsp3) is 0.533. The molecule has 21 heavy (non-hydrogen) atoms. The number of carbonyl (C=O) groups excluding carboxylic acids is 1. The highest BCUT2D eigenvalue weighted by molar-refractivity contribution is 5.96. The van der Waals surface area contributed by atoms with Gasteiger partial charge in [0.2, 0.25) is 0 Å². The van der Waals surface area contributed by atoms with E-state index in [0.717, 1.165) is 18.7 Å². The Hall–Kier alpha value is -2.11. The second-order valence-electron chi connectivity index (χ2n) is 5.70. The molecule has 1 fully saturated rings. The summed E-state index contributed by atoms with van der Waals surface area (Å²) in [5.74, 6) is -0.470. The van der Waals surface area contributed by atoms with Gasteiger partial charge >= 0.3 is 5.97 Å². The van der Waals surface area contributed by atoms with Crippen molar-refractivity contribution in [2.24, 2.45) is 5.92 Å². The fourth-order valence-electron chi connectivity index (χ4n) is 2.74. The molecule has 1 N–H and O–H groups in total. The highest BCUT2D eigenvalue weighted by Crippen LogP contribution is 2.25. The Labute approximate surface area is 124 Å². The summed E-state index contributed by atoms with van der Waals surface area (Å²) in [5.41, 5.74) is 0.431. The van der Waals surface area contributed by atoms with Crippen LogP contribution < -0.4 is 4.90 Å². The molecule has 1 aromatic rings. The van der Waals surface area contributed by atoms with E-state index < -0.39 is 12.0 Å². The van der Waals surface area contributed by atoms with E-state index in [2.05, 4.69) is 4.98 Å². The lowest BCUT2D eigenvalue weighted by Gasteiger charge is -2.37. The summed E-state index contributed by atoms with van der Waals surface area (Å²) >= 11 is 0. The number of aromatic nitrogens is 1. The van der Waals surface area contributed by atoms with Gasteiger partial charge < -0.3 is 14.9 Å². The Kier molecular flexibility index (Phi) is 4.45. The quantitative estimate of drug-likeness (QED) is 0.913. The third kappa shape index (κ3) is 3.15. The van der Waals surface area contributed by atoms with Gasteiger partial charge in [-0.3, -0.25) is 4.79 Å². The number of carboxylic acids is 1. The molecule has 114 valence electrons. The van der Waals surface area contributed by atoms with Gasteiger partial charge in [-0.15, -0.1) is 0 Å². The predicted molar refractivity (Wildman–Crippen MR) is 79.4 cm³/mol. The summed E-state index contributed by atoms with van der Waals surface area (Å²) in [5, 5.41) is 9.38. The lowest BCUT2D eigenvalue weighted by atomic mass is 9.90. The van der Waals surface area contributed by atoms with Crippen molar-refractivity contribution in [3.63, 3.8) is 0 Å². The van der Waals surface area contributed by atoms with Crippen molar-refractivity contribution in [1.82, 2.24) is 9.88 Å². The molecular formula is C15H21N3O3. The first-order chi connectivity index (χ1) is 9.91. The zero-order valence-corrected chi connectivity index (χ0v) is 12.6. The normalized spacial score (nSPS) is 22.0. The number of rotatable bonds is 3. The lowest BCUT2D eigenvalue weighted by molar-refractivity contribution is -0.145. The van der Waals surface area contributed by atoms with Crippen LogP contribution in [0.15, 0.2) is 18.3 Å². The van der Waals surface area contributed by atoms with Crippen LogP contribution in [0.25, 0.3) is 0 Å². The number of hydrogen-bond donors (Lipinski definition) is 1. The Morgan fingerprint density at radius 2 is 2.10 bits per heavy atom. The second-order valence-corrected chi connectivity index (χ2v) is 5.70. The van der Waals surface area contributed by atoms with Gasteiger partial charge in [0.25, 0.3) is 5.91 Å². The van der Waals surface area contributed by atoms with E-state index >= 15 is 0 Å². The molecule has 1 saturated heterocycles. The topological polar surface area (TPSA) is 73.7 Å². The summed E-state index contributed by atoms with van der Waals surface area (Å²) in [6.45, 7) is 2.36. The minimum absolute atomic E-state index is 0.0331. The van der Waals surface area contributed by atoms with Gasteiger partial charge in [-0.05, 0) is 30.9 Å². The summed E-state index contributed by atoms with van der Waals surface area (Å²) in [6.07, 6.45) is 3.17. The molecule has 1 aromatic heterocycles. The van der Waals surface area contributed by atoms with Crippen molar-refractivity contribution in [2.75, 3.05) is 25.5 Å². The Morgan fingerprint density at radius 3 is 2.62 bits per heavy atom. The van der Waals surface area contributed by atoms with Crippen LogP contribution in [0.1, 0.15) is 30.1 Å². The van der Waals surface area contributed by atoms with Crippen LogP contribution in [0.3, 0.4) is 0 Å². The first kappa shape index (κ1) is 15.3. The molecule has 6 nitrogen and oxygen atoms in total. The molecule has 0 aliphatic carbocycles. The Bertz CT molecular complexity index is 527. The second kappa shape index (κ2) is 6.11. The molecule has 1 aliphatic rings. The number of pyridine rings is 1. The number of likely N-dealkylation sites (tertiary alicyclic amines) is 1. The number of amides is 1. The van der Waals surface area contributed by atoms with Gasteiger partial charge in [-0.1, -0.05) is 6.92 Å². The van der Waals surface area contributed by atoms with Crippen molar-refractivity contribution in [1.29, 1.82) is 0 Å². The molecule has 2 unspecified atom stereocenters. The number of carbonyl (C=O) groups is 2. The average molecular weight is 291 g/mol. The van der Waals surface area contributed by atoms with Gasteiger partial charge in [-0.25, -0.2) is 9.78 Å². The molecule has 2 atom stereocenters. The monoisotopic (exact) mass is 291 g/mol. The number of hydrogen-bond acceptors (Lipinski definition) is 4.